The number of benzene rings is 7. The van der Waals surface area contributed by atoms with Gasteiger partial charge >= 0.3 is 24.4 Å². The molecule has 5 atom stereocenters. The Hall–Kier alpha value is -12.0. The van der Waals surface area contributed by atoms with Gasteiger partial charge in [0.05, 0.1) is 94.1 Å². The average Bonchev–Trinajstić information content (AvgIpc) is 0.738. The highest BCUT2D eigenvalue weighted by Gasteiger charge is 2.34. The maximum atomic E-state index is 13.5. The van der Waals surface area contributed by atoms with E-state index < -0.39 is 88.0 Å². The minimum absolute atomic E-state index is 0.0320. The second-order valence-corrected chi connectivity index (χ2v) is 39.5. The van der Waals surface area contributed by atoms with Gasteiger partial charge in [-0.25, -0.2) is 28.6 Å². The van der Waals surface area contributed by atoms with Crippen LogP contribution in [0.2, 0.25) is 15.1 Å². The van der Waals surface area contributed by atoms with Crippen molar-refractivity contribution in [3.63, 3.8) is 0 Å². The average molecular weight is 2030 g/mol. The number of amides is 5. The van der Waals surface area contributed by atoms with Crippen LogP contribution in [0.25, 0.3) is 21.9 Å². The van der Waals surface area contributed by atoms with E-state index in [4.69, 9.17) is 101 Å². The molecule has 0 spiro atoms. The van der Waals surface area contributed by atoms with Crippen LogP contribution in [0, 0.1) is 80.7 Å². The summed E-state index contributed by atoms with van der Waals surface area (Å²) in [6.07, 6.45) is -0.915. The van der Waals surface area contributed by atoms with Crippen LogP contribution < -0.4 is 37.9 Å². The van der Waals surface area contributed by atoms with Gasteiger partial charge in [-0.2, -0.15) is 21.0 Å². The predicted octanol–water partition coefficient (Wildman–Crippen LogP) is 23.3. The van der Waals surface area contributed by atoms with Crippen LogP contribution in [0.3, 0.4) is 0 Å². The lowest BCUT2D eigenvalue weighted by Crippen LogP contribution is -2.51. The number of hydrogen-bond acceptors (Lipinski definition) is 22. The number of hydroxylamine groups is 2. The molecule has 0 unspecified atom stereocenters. The minimum atomic E-state index is -0.820. The van der Waals surface area contributed by atoms with Gasteiger partial charge in [0.2, 0.25) is 0 Å². The predicted molar refractivity (Wildman–Crippen MR) is 536 cm³/mol. The molecule has 6 N–H and O–H groups in total. The summed E-state index contributed by atoms with van der Waals surface area (Å²) in [7, 11) is 2.89. The number of nitrogens with one attached hydrogen (secondary N) is 4. The van der Waals surface area contributed by atoms with E-state index in [-0.39, 0.29) is 74.9 Å². The fourth-order valence-electron chi connectivity index (χ4n) is 12.5. The van der Waals surface area contributed by atoms with Crippen molar-refractivity contribution in [2.45, 2.75) is 243 Å². The maximum absolute atomic E-state index is 13.5. The number of fused-ring (bicyclic) bond motifs is 2. The molecule has 5 amide bonds. The zero-order chi connectivity index (χ0) is 104. The number of likely N-dealkylation sites (N-methyl/N-ethyl adjacent to an activating group) is 1. The minimum Gasteiger partial charge on any atom is -0.459 e. The van der Waals surface area contributed by atoms with Gasteiger partial charge in [-0.15, -0.1) is 0 Å². The number of carbonyl (C=O) groups excluding carboxylic acids is 8. The second-order valence-electron chi connectivity index (χ2n) is 37.3. The van der Waals surface area contributed by atoms with Gasteiger partial charge in [-0.1, -0.05) is 169 Å². The van der Waals surface area contributed by atoms with Gasteiger partial charge in [0, 0.05) is 70.0 Å². The van der Waals surface area contributed by atoms with Crippen molar-refractivity contribution in [2.75, 3.05) is 14.2 Å². The van der Waals surface area contributed by atoms with Gasteiger partial charge in [0.25, 0.3) is 11.1 Å². The number of rotatable bonds is 24. The van der Waals surface area contributed by atoms with Gasteiger partial charge in [0.15, 0.2) is 22.4 Å². The fourth-order valence-corrected chi connectivity index (χ4v) is 13.5. The fraction of sp³-hybridized carbons (Fsp3) is 0.423. The van der Waals surface area contributed by atoms with Crippen LogP contribution in [-0.2, 0) is 62.8 Å². The highest BCUT2D eigenvalue weighted by Crippen LogP contribution is 2.33. The summed E-state index contributed by atoms with van der Waals surface area (Å²) in [5.74, 6) is -0.348. The monoisotopic (exact) mass is 2020 g/mol. The Morgan fingerprint density at radius 1 is 0.467 bits per heavy atom. The third-order valence-electron chi connectivity index (χ3n) is 19.2. The smallest absolute Gasteiger partial charge is 0.408 e. The third-order valence-corrected chi connectivity index (χ3v) is 20.8. The Morgan fingerprint density at radius 3 is 1.16 bits per heavy atom. The van der Waals surface area contributed by atoms with Gasteiger partial charge in [-0.05, 0) is 251 Å². The quantitative estimate of drug-likeness (QED) is 0.0162. The van der Waals surface area contributed by atoms with Crippen molar-refractivity contribution in [1.29, 1.82) is 21.0 Å². The molecule has 9 rings (SSSR count). The van der Waals surface area contributed by atoms with Gasteiger partial charge < -0.3 is 54.8 Å². The summed E-state index contributed by atoms with van der Waals surface area (Å²) in [6.45, 7) is 41.8. The van der Waals surface area contributed by atoms with E-state index in [0.29, 0.717) is 90.6 Å². The summed E-state index contributed by atoms with van der Waals surface area (Å²) in [4.78, 5) is 125. The zero-order valence-electron chi connectivity index (χ0n) is 82.3. The first kappa shape index (κ1) is 119. The SMILES string of the molecule is CC(=O)[C@H](NC(=O)OC(C)(C)C)C(C)C.CC(C)[C@@H](N)c1oc2cc(Cl)ccc2c(=O)c1Cc1cccc(C#N)c1.CC(C)[C@@H](NC(=O)OC(C)(C)C)C(=O)CCc1cccc(C#N)c1.CC(C)[C@@H](NC(=O)OC(C)(C)C)c1oc2cc(Cl)ccc2c(=O)c1Cc1cccc(C#N)c1.CON(C)C(=O)[C@H](NC(=O)OC(C)(C)C)C(C)C.N#Cc1cccc(CBr)c1.O=C(Cl)c1ccc(Cl)cc1F. The Labute approximate surface area is 830 Å². The van der Waals surface area contributed by atoms with Gasteiger partial charge in [0.1, 0.15) is 56.9 Å². The summed E-state index contributed by atoms with van der Waals surface area (Å²) in [5.41, 5.74) is 11.2. The number of carbonyl (C=O) groups is 8. The van der Waals surface area contributed by atoms with E-state index in [1.165, 1.54) is 33.2 Å². The van der Waals surface area contributed by atoms with E-state index in [1.807, 2.05) is 106 Å². The number of nitriles is 4. The molecule has 0 bridgehead atoms. The lowest BCUT2D eigenvalue weighted by Gasteiger charge is -2.27. The van der Waals surface area contributed by atoms with Crippen molar-refractivity contribution in [3.05, 3.63) is 266 Å². The molecular weight excluding hydrogens is 1900 g/mol. The van der Waals surface area contributed by atoms with E-state index in [2.05, 4.69) is 61.5 Å². The van der Waals surface area contributed by atoms with Crippen molar-refractivity contribution >= 4 is 131 Å². The van der Waals surface area contributed by atoms with Crippen molar-refractivity contribution in [2.24, 2.45) is 35.3 Å². The lowest BCUT2D eigenvalue weighted by atomic mass is 9.93. The topological polar surface area (TPSA) is 416 Å². The van der Waals surface area contributed by atoms with Crippen molar-refractivity contribution < 1.29 is 75.4 Å². The highest BCUT2D eigenvalue weighted by molar-refractivity contribution is 9.08. The van der Waals surface area contributed by atoms with Gasteiger partial charge in [-0.3, -0.25) is 33.6 Å². The van der Waals surface area contributed by atoms with Crippen LogP contribution in [0.4, 0.5) is 23.6 Å². The molecule has 0 aliphatic heterocycles. The highest BCUT2D eigenvalue weighted by atomic mass is 79.9. The summed E-state index contributed by atoms with van der Waals surface area (Å²) >= 11 is 26.0. The van der Waals surface area contributed by atoms with Crippen LogP contribution >= 0.6 is 62.3 Å². The first-order valence-corrected chi connectivity index (χ1v) is 46.6. The molecule has 7 aromatic carbocycles. The Balaban J connectivity index is 0.000000426. The molecule has 2 heterocycles. The standard InChI is InChI=1S/C26H27ClN2O4.C21H19ClN2O2.C19H26N2O3.C12H24N2O4.C11H21NO3.C8H6BrN.C7H3Cl2FO/c1-15(2)22(29-25(31)33-26(3,4)5)24-20(12-16-7-6-8-17(11-16)14-28)23(30)19-10-9-18(27)13-21(19)32-24;1-12(2)19(24)21-17(9-13-4-3-5-14(8-13)11-23)20(25)16-7-6-15(22)10-18(16)26-21;1-13(2)17(21-18(23)24-19(3,4)5)16(22)10-9-14-7-6-8-15(11-14)12-20;1-8(2)9(10(15)14(6)17-7)13-11(16)18-12(3,4)5;1-7(2)9(8(3)13)12-10(14)15-11(4,5)6;9-5-7-2-1-3-8(4-7)6-10;8-4-1-2-5(7(9)11)6(10)3-4/h6-11,13,15,22H,12H2,1-5H3,(H,29,31);3-8,10,12,19H,9,24H2,1-2H3;6-8,11,13,17H,9-10H2,1-5H3,(H,21,23);8-9H,1-7H3,(H,13,16);7,9H,1-6H3,(H,12,14);1-4H,5H2;1-3H/t22-;19-;17-;2*9-;;/m11111../s1. The molecule has 736 valence electrons. The van der Waals surface area contributed by atoms with Crippen LogP contribution in [0.15, 0.2) is 170 Å². The summed E-state index contributed by atoms with van der Waals surface area (Å²) in [5, 5.41) is 49.5. The van der Waals surface area contributed by atoms with E-state index in [0.717, 1.165) is 44.3 Å². The zero-order valence-corrected chi connectivity index (χ0v) is 86.9. The van der Waals surface area contributed by atoms with Crippen LogP contribution in [0.5, 0.6) is 0 Å². The number of nitrogens with zero attached hydrogens (tertiary/aromatic N) is 5. The molecule has 0 fully saturated rings. The molecule has 0 saturated carbocycles. The number of aryl methyl sites for hydroxylation is 1. The molecular formula is C104H126BrCl4FN10O17. The second kappa shape index (κ2) is 56.0. The molecule has 0 aliphatic rings. The summed E-state index contributed by atoms with van der Waals surface area (Å²) < 4.78 is 45.8. The molecule has 9 aromatic rings. The number of ether oxygens (including phenoxy) is 4. The van der Waals surface area contributed by atoms with Crippen molar-refractivity contribution in [3.8, 4) is 24.3 Å². The normalized spacial score (nSPS) is 12.1. The summed E-state index contributed by atoms with van der Waals surface area (Å²) in [6, 6.07) is 48.1. The van der Waals surface area contributed by atoms with E-state index >= 15 is 0 Å². The first-order valence-electron chi connectivity index (χ1n) is 44.0. The van der Waals surface area contributed by atoms with E-state index in [1.54, 1.807) is 180 Å². The lowest BCUT2D eigenvalue weighted by molar-refractivity contribution is -0.172. The number of nitrogens with two attached hydrogens (primary N) is 1. The molecule has 0 saturated heterocycles. The number of hydrogen-bond donors (Lipinski definition) is 5. The van der Waals surface area contributed by atoms with Crippen molar-refractivity contribution in [1.82, 2.24) is 26.3 Å². The van der Waals surface area contributed by atoms with E-state index in [9.17, 15) is 57.6 Å². The Kier molecular flexibility index (Phi) is 48.7. The molecule has 27 nitrogen and oxygen atoms in total. The largest absolute Gasteiger partial charge is 0.459 e. The number of alkyl carbamates (subject to hydrolysis) is 4. The molecule has 0 radical (unpaired) electrons. The third kappa shape index (κ3) is 42.6. The Bertz CT molecular complexity index is 5950. The molecule has 0 aliphatic carbocycles. The molecule has 33 heteroatoms. The number of halogens is 6. The number of ketones is 2. The molecule has 137 heavy (non-hydrogen) atoms. The number of alkyl halides is 1. The van der Waals surface area contributed by atoms with Crippen LogP contribution in [-0.4, -0.2) is 107 Å². The Morgan fingerprint density at radius 2 is 0.810 bits per heavy atom. The number of Topliss-reactive ketones (excluding diaryl/α,β-unsaturated/α-hetero) is 2. The maximum Gasteiger partial charge on any atom is 0.408 e. The van der Waals surface area contributed by atoms with Crippen LogP contribution in [0.1, 0.15) is 255 Å². The molecule has 2 aromatic heterocycles. The first-order chi connectivity index (χ1) is 63.7.